The van der Waals surface area contributed by atoms with E-state index in [9.17, 15) is 13.6 Å². The van der Waals surface area contributed by atoms with Crippen molar-refractivity contribution in [3.05, 3.63) is 108 Å². The molecule has 0 aliphatic heterocycles. The zero-order chi connectivity index (χ0) is 27.1. The summed E-state index contributed by atoms with van der Waals surface area (Å²) in [5.41, 5.74) is 2.58. The minimum absolute atomic E-state index is 0.0782. The van der Waals surface area contributed by atoms with E-state index in [0.717, 1.165) is 5.56 Å². The first kappa shape index (κ1) is 26.7. The number of amides is 1. The van der Waals surface area contributed by atoms with Crippen molar-refractivity contribution in [1.29, 1.82) is 0 Å². The van der Waals surface area contributed by atoms with Gasteiger partial charge in [-0.1, -0.05) is 56.3 Å². The summed E-state index contributed by atoms with van der Waals surface area (Å²) in [6, 6.07) is 25.6. The minimum atomic E-state index is -2.99. The lowest BCUT2D eigenvalue weighted by Gasteiger charge is -2.26. The Morgan fingerprint density at radius 1 is 0.895 bits per heavy atom. The first-order valence-electron chi connectivity index (χ1n) is 12.2. The lowest BCUT2D eigenvalue weighted by Crippen LogP contribution is -2.18. The largest absolute Gasteiger partial charge is 0.490 e. The third kappa shape index (κ3) is 6.51. The molecule has 8 heteroatoms. The van der Waals surface area contributed by atoms with Gasteiger partial charge in [0.1, 0.15) is 18.1 Å². The monoisotopic (exact) mass is 521 g/mol. The van der Waals surface area contributed by atoms with Crippen LogP contribution in [0.3, 0.4) is 0 Å². The molecule has 3 aromatic carbocycles. The summed E-state index contributed by atoms with van der Waals surface area (Å²) in [5, 5.41) is 2.66. The molecular formula is C30H29F2NO5. The fraction of sp³-hybridized carbons (Fsp3) is 0.233. The number of benzene rings is 3. The number of hydrogen-bond donors (Lipinski definition) is 1. The van der Waals surface area contributed by atoms with Crippen molar-refractivity contribution in [2.45, 2.75) is 39.4 Å². The molecule has 0 saturated carbocycles. The molecule has 0 unspecified atom stereocenters. The molecule has 198 valence electrons. The van der Waals surface area contributed by atoms with Gasteiger partial charge in [0.15, 0.2) is 17.3 Å². The number of furan rings is 1. The third-order valence-corrected chi connectivity index (χ3v) is 6.06. The zero-order valence-corrected chi connectivity index (χ0v) is 21.4. The predicted octanol–water partition coefficient (Wildman–Crippen LogP) is 7.44. The molecule has 6 nitrogen and oxygen atoms in total. The van der Waals surface area contributed by atoms with Crippen molar-refractivity contribution in [2.75, 3.05) is 11.9 Å². The number of halogens is 2. The Morgan fingerprint density at radius 2 is 1.61 bits per heavy atom. The number of hydrogen-bond acceptors (Lipinski definition) is 5. The van der Waals surface area contributed by atoms with Gasteiger partial charge in [-0.15, -0.1) is 0 Å². The standard InChI is InChI=1S/C30H29F2NO5/c1-4-35-27-18-22(12-16-25(27)38-29(31)32)33-28(34)26-17-15-24(37-26)19-36-23-13-10-21(11-14-23)30(2,3)20-8-6-5-7-9-20/h5-18,29H,4,19H2,1-3H3,(H,33,34). The van der Waals surface area contributed by atoms with E-state index in [1.807, 2.05) is 42.5 Å². The fourth-order valence-electron chi connectivity index (χ4n) is 3.96. The van der Waals surface area contributed by atoms with Crippen LogP contribution in [-0.4, -0.2) is 19.1 Å². The van der Waals surface area contributed by atoms with Crippen LogP contribution in [0.4, 0.5) is 14.5 Å². The highest BCUT2D eigenvalue weighted by molar-refractivity contribution is 6.02. The number of rotatable bonds is 11. The maximum Gasteiger partial charge on any atom is 0.387 e. The van der Waals surface area contributed by atoms with E-state index < -0.39 is 12.5 Å². The summed E-state index contributed by atoms with van der Waals surface area (Å²) in [4.78, 5) is 12.6. The Kier molecular flexibility index (Phi) is 8.31. The van der Waals surface area contributed by atoms with Gasteiger partial charge < -0.3 is 23.9 Å². The molecule has 38 heavy (non-hydrogen) atoms. The molecule has 1 aromatic heterocycles. The highest BCUT2D eigenvalue weighted by Gasteiger charge is 2.22. The molecule has 0 atom stereocenters. The van der Waals surface area contributed by atoms with Crippen molar-refractivity contribution >= 4 is 11.6 Å². The van der Waals surface area contributed by atoms with Gasteiger partial charge >= 0.3 is 6.61 Å². The summed E-state index contributed by atoms with van der Waals surface area (Å²) >= 11 is 0. The van der Waals surface area contributed by atoms with E-state index >= 15 is 0 Å². The van der Waals surface area contributed by atoms with Gasteiger partial charge in [0.05, 0.1) is 6.61 Å². The Morgan fingerprint density at radius 3 is 2.29 bits per heavy atom. The molecule has 4 rings (SSSR count). The fourth-order valence-corrected chi connectivity index (χ4v) is 3.96. The van der Waals surface area contributed by atoms with Crippen molar-refractivity contribution < 1.29 is 32.2 Å². The molecule has 0 aliphatic rings. The van der Waals surface area contributed by atoms with E-state index in [1.165, 1.54) is 29.8 Å². The number of anilines is 1. The summed E-state index contributed by atoms with van der Waals surface area (Å²) in [6.45, 7) is 3.46. The van der Waals surface area contributed by atoms with E-state index in [0.29, 0.717) is 17.2 Å². The molecule has 0 spiro atoms. The Balaban J connectivity index is 1.36. The summed E-state index contributed by atoms with van der Waals surface area (Å²) in [5.74, 6) is 0.698. The Bertz CT molecular complexity index is 1350. The highest BCUT2D eigenvalue weighted by atomic mass is 19.3. The van der Waals surface area contributed by atoms with Crippen LogP contribution in [0.15, 0.2) is 89.3 Å². The average molecular weight is 522 g/mol. The molecule has 1 N–H and O–H groups in total. The number of alkyl halides is 2. The van der Waals surface area contributed by atoms with Crippen LogP contribution in [0.2, 0.25) is 0 Å². The summed E-state index contributed by atoms with van der Waals surface area (Å²) < 4.78 is 46.5. The van der Waals surface area contributed by atoms with E-state index in [1.54, 1.807) is 13.0 Å². The molecule has 1 amide bonds. The molecule has 0 radical (unpaired) electrons. The van der Waals surface area contributed by atoms with Gasteiger partial charge in [0, 0.05) is 17.2 Å². The van der Waals surface area contributed by atoms with Gasteiger partial charge in [0.25, 0.3) is 5.91 Å². The third-order valence-electron chi connectivity index (χ3n) is 6.06. The van der Waals surface area contributed by atoms with Crippen molar-refractivity contribution in [3.63, 3.8) is 0 Å². The van der Waals surface area contributed by atoms with Gasteiger partial charge in [0.2, 0.25) is 0 Å². The van der Waals surface area contributed by atoms with E-state index in [2.05, 4.69) is 36.0 Å². The minimum Gasteiger partial charge on any atom is -0.490 e. The maximum absolute atomic E-state index is 12.6. The average Bonchev–Trinajstić information content (AvgIpc) is 3.39. The van der Waals surface area contributed by atoms with E-state index in [-0.39, 0.29) is 35.9 Å². The second-order valence-corrected chi connectivity index (χ2v) is 9.00. The molecule has 0 saturated heterocycles. The Hall–Kier alpha value is -4.33. The highest BCUT2D eigenvalue weighted by Crippen LogP contribution is 2.33. The van der Waals surface area contributed by atoms with Gasteiger partial charge in [-0.2, -0.15) is 8.78 Å². The molecular weight excluding hydrogens is 492 g/mol. The Labute approximate surface area is 220 Å². The van der Waals surface area contributed by atoms with Crippen LogP contribution in [0, 0.1) is 0 Å². The first-order valence-corrected chi connectivity index (χ1v) is 12.2. The van der Waals surface area contributed by atoms with Gasteiger partial charge in [-0.05, 0) is 54.4 Å². The maximum atomic E-state index is 12.6. The molecule has 0 aliphatic carbocycles. The molecule has 1 heterocycles. The van der Waals surface area contributed by atoms with Crippen LogP contribution < -0.4 is 19.5 Å². The van der Waals surface area contributed by atoms with Crippen molar-refractivity contribution in [2.24, 2.45) is 0 Å². The molecule has 0 fully saturated rings. The molecule has 0 bridgehead atoms. The van der Waals surface area contributed by atoms with Gasteiger partial charge in [-0.3, -0.25) is 4.79 Å². The number of carbonyl (C=O) groups excluding carboxylic acids is 1. The second kappa shape index (κ2) is 11.8. The second-order valence-electron chi connectivity index (χ2n) is 9.00. The normalized spacial score (nSPS) is 11.3. The van der Waals surface area contributed by atoms with Crippen molar-refractivity contribution in [3.8, 4) is 17.2 Å². The smallest absolute Gasteiger partial charge is 0.387 e. The lowest BCUT2D eigenvalue weighted by molar-refractivity contribution is -0.0514. The van der Waals surface area contributed by atoms with Crippen molar-refractivity contribution in [1.82, 2.24) is 0 Å². The quantitative estimate of drug-likeness (QED) is 0.222. The predicted molar refractivity (Wildman–Crippen MR) is 140 cm³/mol. The number of ether oxygens (including phenoxy) is 3. The lowest BCUT2D eigenvalue weighted by atomic mass is 9.78. The summed E-state index contributed by atoms with van der Waals surface area (Å²) in [7, 11) is 0. The van der Waals surface area contributed by atoms with Crippen LogP contribution in [0.25, 0.3) is 0 Å². The zero-order valence-electron chi connectivity index (χ0n) is 21.4. The first-order chi connectivity index (χ1) is 18.3. The summed E-state index contributed by atoms with van der Waals surface area (Å²) in [6.07, 6.45) is 0. The van der Waals surface area contributed by atoms with E-state index in [4.69, 9.17) is 13.9 Å². The SMILES string of the molecule is CCOc1cc(NC(=O)c2ccc(COc3ccc(C(C)(C)c4ccccc4)cc3)o2)ccc1OC(F)F. The topological polar surface area (TPSA) is 69.9 Å². The van der Waals surface area contributed by atoms with Crippen LogP contribution in [0.1, 0.15) is 48.2 Å². The van der Waals surface area contributed by atoms with Gasteiger partial charge in [-0.25, -0.2) is 0 Å². The van der Waals surface area contributed by atoms with Crippen LogP contribution in [-0.2, 0) is 12.0 Å². The van der Waals surface area contributed by atoms with Crippen LogP contribution >= 0.6 is 0 Å². The number of carbonyl (C=O) groups is 1. The van der Waals surface area contributed by atoms with Crippen LogP contribution in [0.5, 0.6) is 17.2 Å². The molecule has 4 aromatic rings. The number of nitrogens with one attached hydrogen (secondary N) is 1.